The van der Waals surface area contributed by atoms with Crippen molar-refractivity contribution >= 4 is 51.6 Å². The van der Waals surface area contributed by atoms with E-state index in [2.05, 4.69) is 50.1 Å². The molecule has 8 nitrogen and oxygen atoms in total. The van der Waals surface area contributed by atoms with Crippen molar-refractivity contribution in [1.82, 2.24) is 20.9 Å². The lowest BCUT2D eigenvalue weighted by Gasteiger charge is -2.15. The Labute approximate surface area is 231 Å². The highest BCUT2D eigenvalue weighted by molar-refractivity contribution is 14.1. The van der Waals surface area contributed by atoms with Gasteiger partial charge in [0.25, 0.3) is 0 Å². The molecular formula is C26H37IN5O3S+. The third-order valence-electron chi connectivity index (χ3n) is 5.65. The molecule has 3 amide bonds. The van der Waals surface area contributed by atoms with Gasteiger partial charge in [0, 0.05) is 12.2 Å². The average Bonchev–Trinajstić information content (AvgIpc) is 3.29. The molecule has 196 valence electrons. The summed E-state index contributed by atoms with van der Waals surface area (Å²) >= 11 is 3.78. The normalized spacial score (nSPS) is 11.5. The van der Waals surface area contributed by atoms with E-state index in [0.717, 1.165) is 64.1 Å². The summed E-state index contributed by atoms with van der Waals surface area (Å²) in [5, 5.41) is 10.3. The minimum absolute atomic E-state index is 0.0789. The summed E-state index contributed by atoms with van der Waals surface area (Å²) in [5.74, 6) is -0.270. The van der Waals surface area contributed by atoms with Gasteiger partial charge in [-0.15, -0.1) is 11.3 Å². The Morgan fingerprint density at radius 1 is 1.08 bits per heavy atom. The minimum Gasteiger partial charge on any atom is -0.380 e. The van der Waals surface area contributed by atoms with E-state index in [1.54, 1.807) is 23.6 Å². The number of nitrogens with two attached hydrogens (primary N) is 1. The molecule has 2 aromatic rings. The summed E-state index contributed by atoms with van der Waals surface area (Å²) in [6.07, 6.45) is 5.30. The number of aromatic nitrogens is 1. The van der Waals surface area contributed by atoms with E-state index >= 15 is 0 Å². The van der Waals surface area contributed by atoms with Crippen LogP contribution in [0, 0.1) is 6.92 Å². The molecule has 1 aromatic heterocycles. The number of hydrogen-bond acceptors (Lipinski definition) is 6. The van der Waals surface area contributed by atoms with Crippen LogP contribution in [-0.2, 0) is 20.9 Å². The van der Waals surface area contributed by atoms with Crippen molar-refractivity contribution in [2.24, 2.45) is 0 Å². The van der Waals surface area contributed by atoms with Gasteiger partial charge in [0.1, 0.15) is 10.6 Å². The van der Waals surface area contributed by atoms with Gasteiger partial charge in [-0.1, -0.05) is 43.7 Å². The smallest absolute Gasteiger partial charge is 0.311 e. The van der Waals surface area contributed by atoms with Crippen molar-refractivity contribution < 1.29 is 19.7 Å². The molecule has 36 heavy (non-hydrogen) atoms. The lowest BCUT2D eigenvalue weighted by atomic mass is 10.1. The molecule has 1 aromatic carbocycles. The minimum atomic E-state index is -0.640. The quantitative estimate of drug-likeness (QED) is 0.0990. The Hall–Kier alpha value is -2.31. The number of rotatable bonds is 16. The fourth-order valence-corrected chi connectivity index (χ4v) is 4.83. The Kier molecular flexibility index (Phi) is 13.7. The summed E-state index contributed by atoms with van der Waals surface area (Å²) in [5.41, 5.74) is 5.73. The van der Waals surface area contributed by atoms with Crippen LogP contribution in [0.5, 0.6) is 0 Å². The van der Waals surface area contributed by atoms with Crippen molar-refractivity contribution in [2.45, 2.75) is 65.0 Å². The van der Waals surface area contributed by atoms with Crippen LogP contribution >= 0.6 is 33.9 Å². The third kappa shape index (κ3) is 11.2. The molecule has 0 unspecified atom stereocenters. The number of nitrogens with zero attached hydrogens (tertiary/aromatic N) is 1. The summed E-state index contributed by atoms with van der Waals surface area (Å²) in [4.78, 5) is 41.5. The van der Waals surface area contributed by atoms with Crippen molar-refractivity contribution in [1.29, 1.82) is 0 Å². The molecule has 0 spiro atoms. The van der Waals surface area contributed by atoms with Crippen LogP contribution < -0.4 is 21.3 Å². The largest absolute Gasteiger partial charge is 0.380 e. The summed E-state index contributed by atoms with van der Waals surface area (Å²) in [7, 11) is 0. The predicted molar refractivity (Wildman–Crippen MR) is 152 cm³/mol. The second-order valence-electron chi connectivity index (χ2n) is 8.67. The first-order valence-electron chi connectivity index (χ1n) is 12.2. The van der Waals surface area contributed by atoms with E-state index in [1.807, 2.05) is 36.7 Å². The van der Waals surface area contributed by atoms with Crippen LogP contribution in [0.15, 0.2) is 42.1 Å². The third-order valence-corrected chi connectivity index (χ3v) is 7.07. The zero-order chi connectivity index (χ0) is 26.3. The Morgan fingerprint density at radius 2 is 1.78 bits per heavy atom. The molecule has 0 aliphatic rings. The van der Waals surface area contributed by atoms with Gasteiger partial charge in [0.15, 0.2) is 0 Å². The molecule has 0 saturated heterocycles. The maximum atomic E-state index is 12.4. The van der Waals surface area contributed by atoms with Gasteiger partial charge >= 0.3 is 5.91 Å². The van der Waals surface area contributed by atoms with Gasteiger partial charge < -0.3 is 16.0 Å². The van der Waals surface area contributed by atoms with E-state index in [0.29, 0.717) is 13.0 Å². The van der Waals surface area contributed by atoms with E-state index in [9.17, 15) is 14.4 Å². The van der Waals surface area contributed by atoms with Gasteiger partial charge in [-0.25, -0.2) is 9.78 Å². The standard InChI is InChI=1S/C26H36IN5O3S/c1-18(8-6-4-5-7-9-23(33)30-16-27)28-15-24(34)32-20(3)26(35)29-14-21-10-12-22(13-11-21)25-19(2)31-17-36-25/h10-13,17,20,28H,1,4-9,14-16H2,2-3H3,(H,29,35)(H,30,33)(H,32,34)/p+1/t20-/m0/s1. The Balaban J connectivity index is 1.58. The monoisotopic (exact) mass is 626 g/mol. The highest BCUT2D eigenvalue weighted by Gasteiger charge is 2.15. The number of hydrogen-bond donors (Lipinski definition) is 4. The summed E-state index contributed by atoms with van der Waals surface area (Å²) in [6.45, 7) is 8.09. The van der Waals surface area contributed by atoms with Gasteiger partial charge in [-0.3, -0.25) is 14.9 Å². The van der Waals surface area contributed by atoms with Crippen LogP contribution in [-0.4, -0.2) is 39.8 Å². The zero-order valence-corrected chi connectivity index (χ0v) is 24.0. The molecule has 0 bridgehead atoms. The number of thiazole rings is 1. The van der Waals surface area contributed by atoms with Crippen LogP contribution in [0.3, 0.4) is 0 Å². The molecule has 5 N–H and O–H groups in total. The number of aryl methyl sites for hydroxylation is 1. The topological polar surface area (TPSA) is 117 Å². The zero-order valence-electron chi connectivity index (χ0n) is 21.1. The van der Waals surface area contributed by atoms with Crippen molar-refractivity contribution in [3.63, 3.8) is 0 Å². The van der Waals surface area contributed by atoms with Gasteiger partial charge in [-0.05, 0) is 66.8 Å². The molecule has 0 fully saturated rings. The predicted octanol–water partition coefficient (Wildman–Crippen LogP) is 3.17. The number of carbonyl (C=O) groups is 3. The van der Waals surface area contributed by atoms with Crippen LogP contribution in [0.1, 0.15) is 56.7 Å². The maximum Gasteiger partial charge on any atom is 0.311 e. The molecule has 0 saturated carbocycles. The van der Waals surface area contributed by atoms with E-state index in [4.69, 9.17) is 0 Å². The lowest BCUT2D eigenvalue weighted by molar-refractivity contribution is -0.544. The van der Waals surface area contributed by atoms with Crippen molar-refractivity contribution in [3.05, 3.63) is 53.3 Å². The van der Waals surface area contributed by atoms with Gasteiger partial charge in [0.2, 0.25) is 11.8 Å². The van der Waals surface area contributed by atoms with Crippen molar-refractivity contribution in [2.75, 3.05) is 11.1 Å². The first kappa shape index (κ1) is 29.9. The van der Waals surface area contributed by atoms with E-state index in [-0.39, 0.29) is 24.3 Å². The first-order valence-corrected chi connectivity index (χ1v) is 14.6. The first-order chi connectivity index (χ1) is 17.3. The molecule has 1 atom stereocenters. The number of carbonyl (C=O) groups excluding carboxylic acids is 3. The van der Waals surface area contributed by atoms with E-state index in [1.165, 1.54) is 0 Å². The highest BCUT2D eigenvalue weighted by Crippen LogP contribution is 2.27. The number of benzene rings is 1. The molecule has 10 heteroatoms. The van der Waals surface area contributed by atoms with E-state index < -0.39 is 6.04 Å². The number of halogens is 1. The summed E-state index contributed by atoms with van der Waals surface area (Å²) in [6, 6.07) is 7.38. The Bertz CT molecular complexity index is 1010. The molecule has 1 heterocycles. The van der Waals surface area contributed by atoms with Crippen LogP contribution in [0.4, 0.5) is 0 Å². The highest BCUT2D eigenvalue weighted by atomic mass is 127. The fourth-order valence-electron chi connectivity index (χ4n) is 3.53. The molecule has 0 radical (unpaired) electrons. The number of quaternary nitrogens is 1. The Morgan fingerprint density at radius 3 is 2.42 bits per heavy atom. The second-order valence-corrected chi connectivity index (χ2v) is 10.4. The van der Waals surface area contributed by atoms with Crippen LogP contribution in [0.2, 0.25) is 0 Å². The fraction of sp³-hybridized carbons (Fsp3) is 0.462. The molecule has 0 aliphatic heterocycles. The number of alkyl halides is 1. The van der Waals surface area contributed by atoms with Gasteiger partial charge in [0.05, 0.1) is 29.0 Å². The SMILES string of the molecule is C=C(CCCCCCC(=O)[NH2+]CI)NCC(=O)N[C@@H](C)C(=O)NCc1ccc(-c2scnc2C)cc1. The number of primary amides is 1. The molecule has 2 rings (SSSR count). The number of nitrogens with one attached hydrogen (secondary N) is 3. The van der Waals surface area contributed by atoms with Crippen LogP contribution in [0.25, 0.3) is 10.4 Å². The number of unbranched alkanes of at least 4 members (excludes halogenated alkanes) is 3. The van der Waals surface area contributed by atoms with Crippen molar-refractivity contribution in [3.8, 4) is 10.4 Å². The lowest BCUT2D eigenvalue weighted by Crippen LogP contribution is -2.86. The van der Waals surface area contributed by atoms with Gasteiger partial charge in [-0.2, -0.15) is 0 Å². The number of amides is 3. The summed E-state index contributed by atoms with van der Waals surface area (Å²) < 4.78 is 0.766. The second kappa shape index (κ2) is 16.4. The number of allylic oxidation sites excluding steroid dienone is 1. The molecular weight excluding hydrogens is 589 g/mol. The maximum absolute atomic E-state index is 12.4. The molecule has 0 aliphatic carbocycles. The average molecular weight is 627 g/mol.